The summed E-state index contributed by atoms with van der Waals surface area (Å²) in [5.41, 5.74) is 0.438. The van der Waals surface area contributed by atoms with Crippen LogP contribution in [0.15, 0.2) is 48.8 Å². The minimum absolute atomic E-state index is 0. The number of aromatic nitrogens is 1. The van der Waals surface area contributed by atoms with Crippen LogP contribution in [0.5, 0.6) is 5.75 Å². The predicted octanol–water partition coefficient (Wildman–Crippen LogP) is -0.605. The zero-order valence-electron chi connectivity index (χ0n) is 13.8. The van der Waals surface area contributed by atoms with Crippen molar-refractivity contribution < 1.29 is 44.8 Å². The minimum atomic E-state index is -2.99. The number of carbonyl (C=O) groups is 2. The molecule has 1 heterocycles. The fourth-order valence-electron chi connectivity index (χ4n) is 2.08. The molecule has 0 aliphatic rings. The number of hydrogen-bond donors (Lipinski definition) is 1. The number of nitrogens with one attached hydrogen (secondary N) is 1. The van der Waals surface area contributed by atoms with Crippen molar-refractivity contribution in [3.05, 3.63) is 54.4 Å². The van der Waals surface area contributed by atoms with Crippen LogP contribution in [0.3, 0.4) is 0 Å². The number of halogens is 3. The first-order valence-corrected chi connectivity index (χ1v) is 7.49. The van der Waals surface area contributed by atoms with E-state index < -0.39 is 18.5 Å². The van der Waals surface area contributed by atoms with Crippen molar-refractivity contribution in [2.45, 2.75) is 20.1 Å². The molecule has 9 heteroatoms. The van der Waals surface area contributed by atoms with E-state index in [1.165, 1.54) is 29.0 Å². The summed E-state index contributed by atoms with van der Waals surface area (Å²) in [6.07, 6.45) is 3.07. The molecule has 0 atom stereocenters. The summed E-state index contributed by atoms with van der Waals surface area (Å²) in [5.74, 6) is -1.08. The Morgan fingerprint density at radius 2 is 1.92 bits per heavy atom. The summed E-state index contributed by atoms with van der Waals surface area (Å²) >= 11 is 0. The second-order valence-corrected chi connectivity index (χ2v) is 4.91. The van der Waals surface area contributed by atoms with Crippen LogP contribution >= 0.6 is 0 Å². The largest absolute Gasteiger partial charge is 1.00 e. The number of nitrogens with zero attached hydrogens (tertiary/aromatic N) is 1. The molecule has 26 heavy (non-hydrogen) atoms. The average molecular weight is 387 g/mol. The molecular formula is C17H17ClF2N2O4. The summed E-state index contributed by atoms with van der Waals surface area (Å²) in [4.78, 5) is 23.8. The van der Waals surface area contributed by atoms with E-state index in [-0.39, 0.29) is 37.0 Å². The Labute approximate surface area is 155 Å². The van der Waals surface area contributed by atoms with Crippen LogP contribution in [-0.2, 0) is 16.1 Å². The van der Waals surface area contributed by atoms with E-state index in [1.807, 2.05) is 0 Å². The van der Waals surface area contributed by atoms with E-state index in [0.29, 0.717) is 5.56 Å². The Morgan fingerprint density at radius 3 is 2.62 bits per heavy atom. The summed E-state index contributed by atoms with van der Waals surface area (Å²) in [6, 6.07) is 9.06. The molecule has 0 saturated heterocycles. The second kappa shape index (κ2) is 10.3. The molecule has 0 radical (unpaired) electrons. The summed E-state index contributed by atoms with van der Waals surface area (Å²) < 4.78 is 35.5. The molecule has 0 fully saturated rings. The lowest BCUT2D eigenvalue weighted by Gasteiger charge is -2.10. The number of esters is 1. The first kappa shape index (κ1) is 21.3. The first-order valence-electron chi connectivity index (χ1n) is 7.49. The van der Waals surface area contributed by atoms with E-state index in [2.05, 4.69) is 10.1 Å². The van der Waals surface area contributed by atoms with Gasteiger partial charge in [-0.25, -0.2) is 4.79 Å². The van der Waals surface area contributed by atoms with Gasteiger partial charge in [-0.05, 0) is 25.1 Å². The topological polar surface area (TPSA) is 68.5 Å². The van der Waals surface area contributed by atoms with Gasteiger partial charge in [0.15, 0.2) is 12.4 Å². The molecular weight excluding hydrogens is 370 g/mol. The average Bonchev–Trinajstić information content (AvgIpc) is 2.56. The van der Waals surface area contributed by atoms with Crippen molar-refractivity contribution in [3.8, 4) is 5.75 Å². The molecule has 1 aromatic carbocycles. The van der Waals surface area contributed by atoms with Crippen LogP contribution < -0.4 is 27.0 Å². The van der Waals surface area contributed by atoms with E-state index in [4.69, 9.17) is 4.74 Å². The number of para-hydroxylation sites is 2. The Bertz CT molecular complexity index is 759. The molecule has 6 nitrogen and oxygen atoms in total. The number of carbonyl (C=O) groups excluding carboxylic acids is 2. The molecule has 140 valence electrons. The van der Waals surface area contributed by atoms with Gasteiger partial charge < -0.3 is 27.2 Å². The Hall–Kier alpha value is -2.74. The molecule has 0 aliphatic carbocycles. The number of amides is 1. The number of benzene rings is 1. The van der Waals surface area contributed by atoms with Gasteiger partial charge in [0.1, 0.15) is 11.3 Å². The van der Waals surface area contributed by atoms with Crippen molar-refractivity contribution >= 4 is 17.6 Å². The number of alkyl halides is 2. The van der Waals surface area contributed by atoms with Crippen LogP contribution in [0, 0.1) is 0 Å². The fourth-order valence-corrected chi connectivity index (χ4v) is 2.08. The highest BCUT2D eigenvalue weighted by molar-refractivity contribution is 5.91. The van der Waals surface area contributed by atoms with Crippen LogP contribution in [-0.4, -0.2) is 25.1 Å². The van der Waals surface area contributed by atoms with Crippen molar-refractivity contribution in [3.63, 3.8) is 0 Å². The minimum Gasteiger partial charge on any atom is -1.00 e. The molecule has 2 aromatic rings. The van der Waals surface area contributed by atoms with Gasteiger partial charge in [-0.1, -0.05) is 12.1 Å². The van der Waals surface area contributed by atoms with Gasteiger partial charge in [-0.15, -0.1) is 0 Å². The van der Waals surface area contributed by atoms with E-state index in [9.17, 15) is 18.4 Å². The first-order chi connectivity index (χ1) is 12.0. The van der Waals surface area contributed by atoms with Crippen LogP contribution in [0.1, 0.15) is 17.3 Å². The van der Waals surface area contributed by atoms with Gasteiger partial charge in [0.05, 0.1) is 12.3 Å². The van der Waals surface area contributed by atoms with Gasteiger partial charge in [-0.2, -0.15) is 13.3 Å². The standard InChI is InChI=1S/C17H16F2N2O4.ClH/c1-2-24-16(23)12-6-5-9-21(10-12)11-15(22)20-13-7-3-4-8-14(13)25-17(18)19;/h3-10,17H,2,11H2,1H3;1H. The molecule has 0 aliphatic heterocycles. The monoisotopic (exact) mass is 386 g/mol. The van der Waals surface area contributed by atoms with Crippen LogP contribution in [0.2, 0.25) is 0 Å². The van der Waals surface area contributed by atoms with Gasteiger partial charge in [0.25, 0.3) is 5.91 Å². The van der Waals surface area contributed by atoms with Crippen molar-refractivity contribution in [2.75, 3.05) is 11.9 Å². The molecule has 0 unspecified atom stereocenters. The zero-order chi connectivity index (χ0) is 18.2. The van der Waals surface area contributed by atoms with Gasteiger partial charge >= 0.3 is 12.6 Å². The molecule has 0 bridgehead atoms. The SMILES string of the molecule is CCOC(=O)c1ccc[n+](CC(=O)Nc2ccccc2OC(F)F)c1.[Cl-]. The van der Waals surface area contributed by atoms with E-state index in [0.717, 1.165) is 0 Å². The number of rotatable bonds is 7. The fraction of sp³-hybridized carbons (Fsp3) is 0.235. The Kier molecular flexibility index (Phi) is 8.44. The summed E-state index contributed by atoms with van der Waals surface area (Å²) in [6.45, 7) is -1.17. The van der Waals surface area contributed by atoms with Gasteiger partial charge in [0, 0.05) is 6.07 Å². The highest BCUT2D eigenvalue weighted by atomic mass is 35.5. The van der Waals surface area contributed by atoms with Crippen molar-refractivity contribution in [2.24, 2.45) is 0 Å². The molecule has 1 amide bonds. The summed E-state index contributed by atoms with van der Waals surface area (Å²) in [5, 5.41) is 2.50. The molecule has 1 N–H and O–H groups in total. The van der Waals surface area contributed by atoms with Gasteiger partial charge in [-0.3, -0.25) is 4.79 Å². The normalized spacial score (nSPS) is 10.0. The van der Waals surface area contributed by atoms with Crippen LogP contribution in [0.25, 0.3) is 0 Å². The van der Waals surface area contributed by atoms with Crippen molar-refractivity contribution in [1.29, 1.82) is 0 Å². The molecule has 0 spiro atoms. The Balaban J connectivity index is 0.00000338. The second-order valence-electron chi connectivity index (χ2n) is 4.91. The number of hydrogen-bond acceptors (Lipinski definition) is 4. The number of ether oxygens (including phenoxy) is 2. The number of anilines is 1. The van der Waals surface area contributed by atoms with Crippen LogP contribution in [0.4, 0.5) is 14.5 Å². The summed E-state index contributed by atoms with van der Waals surface area (Å²) in [7, 11) is 0. The smallest absolute Gasteiger partial charge is 0.387 e. The Morgan fingerprint density at radius 1 is 1.19 bits per heavy atom. The quantitative estimate of drug-likeness (QED) is 0.509. The highest BCUT2D eigenvalue weighted by Crippen LogP contribution is 2.25. The number of pyridine rings is 1. The molecule has 2 rings (SSSR count). The predicted molar refractivity (Wildman–Crippen MR) is 84.3 cm³/mol. The maximum Gasteiger partial charge on any atom is 0.387 e. The highest BCUT2D eigenvalue weighted by Gasteiger charge is 2.16. The lowest BCUT2D eigenvalue weighted by Crippen LogP contribution is -3.00. The molecule has 1 aromatic heterocycles. The van der Waals surface area contributed by atoms with E-state index in [1.54, 1.807) is 31.3 Å². The maximum absolute atomic E-state index is 12.4. The lowest BCUT2D eigenvalue weighted by atomic mass is 10.2. The lowest BCUT2D eigenvalue weighted by molar-refractivity contribution is -0.684. The molecule has 0 saturated carbocycles. The van der Waals surface area contributed by atoms with E-state index >= 15 is 0 Å². The van der Waals surface area contributed by atoms with Gasteiger partial charge in [0.2, 0.25) is 6.54 Å². The van der Waals surface area contributed by atoms with Crippen molar-refractivity contribution in [1.82, 2.24) is 0 Å². The zero-order valence-corrected chi connectivity index (χ0v) is 14.6. The third-order valence-electron chi connectivity index (χ3n) is 3.07. The maximum atomic E-state index is 12.4. The third kappa shape index (κ3) is 6.29. The third-order valence-corrected chi connectivity index (χ3v) is 3.07.